The Morgan fingerprint density at radius 1 is 0.667 bits per heavy atom. The van der Waals surface area contributed by atoms with Crippen molar-refractivity contribution in [3.05, 3.63) is 12.2 Å². The summed E-state index contributed by atoms with van der Waals surface area (Å²) in [5, 5.41) is 0. The van der Waals surface area contributed by atoms with Crippen LogP contribution in [0.1, 0.15) is 129 Å². The highest BCUT2D eigenvalue weighted by atomic mass is 14.7. The largest absolute Gasteiger partial charge is 0.251 e. The third-order valence-electron chi connectivity index (χ3n) is 5.73. The van der Waals surface area contributed by atoms with Crippen molar-refractivity contribution in [2.24, 2.45) is 0 Å². The van der Waals surface area contributed by atoms with Crippen molar-refractivity contribution in [1.82, 2.24) is 5.73 Å². The van der Waals surface area contributed by atoms with Crippen LogP contribution in [0.4, 0.5) is 0 Å². The van der Waals surface area contributed by atoms with Crippen LogP contribution < -0.4 is 5.73 Å². The molecule has 0 spiro atoms. The van der Waals surface area contributed by atoms with E-state index < -0.39 is 0 Å². The zero-order chi connectivity index (χ0) is 17.3. The van der Waals surface area contributed by atoms with E-state index in [2.05, 4.69) is 19.1 Å². The van der Waals surface area contributed by atoms with E-state index in [0.29, 0.717) is 0 Å². The van der Waals surface area contributed by atoms with Gasteiger partial charge in [-0.05, 0) is 44.9 Å². The SMILES string of the molecule is CCCCCCCC/C=C/CCCCCCCCC1([NH])CCCC1. The van der Waals surface area contributed by atoms with E-state index in [1.165, 1.54) is 103 Å². The van der Waals surface area contributed by atoms with Crippen molar-refractivity contribution < 1.29 is 0 Å². The Hall–Kier alpha value is -0.300. The zero-order valence-corrected chi connectivity index (χ0v) is 16.6. The van der Waals surface area contributed by atoms with Crippen LogP contribution in [0.25, 0.3) is 0 Å². The minimum atomic E-state index is -0.0270. The molecule has 0 aromatic heterocycles. The zero-order valence-electron chi connectivity index (χ0n) is 16.6. The summed E-state index contributed by atoms with van der Waals surface area (Å²) in [6.07, 6.45) is 30.1. The summed E-state index contributed by atoms with van der Waals surface area (Å²) >= 11 is 0. The molecule has 1 aliphatic rings. The summed E-state index contributed by atoms with van der Waals surface area (Å²) in [4.78, 5) is 0. The summed E-state index contributed by atoms with van der Waals surface area (Å²) in [7, 11) is 0. The second kappa shape index (κ2) is 15.0. The molecule has 0 heterocycles. The van der Waals surface area contributed by atoms with Gasteiger partial charge in [0.05, 0.1) is 0 Å². The first-order valence-corrected chi connectivity index (χ1v) is 11.2. The summed E-state index contributed by atoms with van der Waals surface area (Å²) in [5.41, 5.74) is 8.33. The lowest BCUT2D eigenvalue weighted by atomic mass is 9.91. The molecule has 0 aromatic rings. The molecule has 0 saturated heterocycles. The number of rotatable bonds is 16. The van der Waals surface area contributed by atoms with E-state index >= 15 is 0 Å². The molecule has 1 fully saturated rings. The lowest BCUT2D eigenvalue weighted by Crippen LogP contribution is -2.25. The first kappa shape index (κ1) is 21.7. The Labute approximate surface area is 152 Å². The molecule has 1 radical (unpaired) electrons. The third-order valence-corrected chi connectivity index (χ3v) is 5.73. The molecule has 141 valence electrons. The maximum absolute atomic E-state index is 8.36. The van der Waals surface area contributed by atoms with Crippen molar-refractivity contribution >= 4 is 0 Å². The molecular weight excluding hydrogens is 290 g/mol. The van der Waals surface area contributed by atoms with Gasteiger partial charge < -0.3 is 0 Å². The summed E-state index contributed by atoms with van der Waals surface area (Å²) in [6.45, 7) is 2.28. The first-order valence-electron chi connectivity index (χ1n) is 11.2. The van der Waals surface area contributed by atoms with Crippen LogP contribution in [0.3, 0.4) is 0 Å². The summed E-state index contributed by atoms with van der Waals surface area (Å²) in [6, 6.07) is 0. The Balaban J connectivity index is 1.75. The van der Waals surface area contributed by atoms with Gasteiger partial charge in [-0.3, -0.25) is 5.73 Å². The van der Waals surface area contributed by atoms with Crippen molar-refractivity contribution in [2.45, 2.75) is 134 Å². The van der Waals surface area contributed by atoms with Gasteiger partial charge in [-0.2, -0.15) is 0 Å². The van der Waals surface area contributed by atoms with E-state index in [1.807, 2.05) is 0 Å². The van der Waals surface area contributed by atoms with Crippen LogP contribution in [0.5, 0.6) is 0 Å². The Kier molecular flexibility index (Phi) is 13.6. The Morgan fingerprint density at radius 2 is 1.12 bits per heavy atom. The standard InChI is InChI=1S/C23H44N/c1-2-3-4-5-6-7-8-9-10-11-12-13-14-15-16-17-20-23(24)21-18-19-22-23/h9-10,24H,2-8,11-22H2,1H3/b10-9+. The van der Waals surface area contributed by atoms with Gasteiger partial charge in [0, 0.05) is 5.54 Å². The minimum Gasteiger partial charge on any atom is -0.251 e. The van der Waals surface area contributed by atoms with Crippen LogP contribution in [0.2, 0.25) is 0 Å². The molecule has 1 heteroatoms. The van der Waals surface area contributed by atoms with Crippen LogP contribution in [-0.4, -0.2) is 5.54 Å². The van der Waals surface area contributed by atoms with Crippen molar-refractivity contribution in [2.75, 3.05) is 0 Å². The number of unbranched alkanes of at least 4 members (excludes halogenated alkanes) is 12. The number of allylic oxidation sites excluding steroid dienone is 2. The molecule has 1 nitrogen and oxygen atoms in total. The molecule has 0 bridgehead atoms. The van der Waals surface area contributed by atoms with Gasteiger partial charge in [0.2, 0.25) is 0 Å². The molecule has 1 saturated carbocycles. The van der Waals surface area contributed by atoms with Crippen molar-refractivity contribution in [1.29, 1.82) is 0 Å². The molecule has 1 N–H and O–H groups in total. The maximum atomic E-state index is 8.36. The number of hydrogen-bond acceptors (Lipinski definition) is 0. The molecule has 0 aromatic carbocycles. The van der Waals surface area contributed by atoms with E-state index in [0.717, 1.165) is 19.3 Å². The second-order valence-electron chi connectivity index (χ2n) is 8.18. The lowest BCUT2D eigenvalue weighted by molar-refractivity contribution is 0.370. The monoisotopic (exact) mass is 334 g/mol. The van der Waals surface area contributed by atoms with Crippen LogP contribution in [0.15, 0.2) is 12.2 Å². The van der Waals surface area contributed by atoms with Gasteiger partial charge in [0.1, 0.15) is 0 Å². The predicted octanol–water partition coefficient (Wildman–Crippen LogP) is 8.01. The van der Waals surface area contributed by atoms with Crippen LogP contribution in [0, 0.1) is 0 Å². The maximum Gasteiger partial charge on any atom is 0.0324 e. The number of hydrogen-bond donors (Lipinski definition) is 0. The van der Waals surface area contributed by atoms with Gasteiger partial charge in [0.25, 0.3) is 0 Å². The molecule has 24 heavy (non-hydrogen) atoms. The molecule has 0 amide bonds. The Bertz CT molecular complexity index is 288. The predicted molar refractivity (Wildman–Crippen MR) is 108 cm³/mol. The van der Waals surface area contributed by atoms with Gasteiger partial charge >= 0.3 is 0 Å². The normalized spacial score (nSPS) is 17.1. The second-order valence-corrected chi connectivity index (χ2v) is 8.18. The lowest BCUT2D eigenvalue weighted by Gasteiger charge is -2.21. The quantitative estimate of drug-likeness (QED) is 0.201. The molecular formula is C23H44N. The van der Waals surface area contributed by atoms with E-state index in [-0.39, 0.29) is 5.54 Å². The number of nitrogens with one attached hydrogen (secondary N) is 1. The van der Waals surface area contributed by atoms with Crippen molar-refractivity contribution in [3.63, 3.8) is 0 Å². The van der Waals surface area contributed by atoms with E-state index in [1.54, 1.807) is 0 Å². The van der Waals surface area contributed by atoms with Gasteiger partial charge in [-0.1, -0.05) is 96.1 Å². The summed E-state index contributed by atoms with van der Waals surface area (Å²) in [5.74, 6) is 0. The highest BCUT2D eigenvalue weighted by Gasteiger charge is 2.29. The highest BCUT2D eigenvalue weighted by Crippen LogP contribution is 2.33. The minimum absolute atomic E-state index is 0.0270. The van der Waals surface area contributed by atoms with Crippen LogP contribution >= 0.6 is 0 Å². The summed E-state index contributed by atoms with van der Waals surface area (Å²) < 4.78 is 0. The average Bonchev–Trinajstić information content (AvgIpc) is 3.01. The molecule has 0 unspecified atom stereocenters. The van der Waals surface area contributed by atoms with Crippen LogP contribution in [-0.2, 0) is 0 Å². The molecule has 0 aliphatic heterocycles. The van der Waals surface area contributed by atoms with Gasteiger partial charge in [-0.15, -0.1) is 0 Å². The van der Waals surface area contributed by atoms with Crippen molar-refractivity contribution in [3.8, 4) is 0 Å². The fourth-order valence-electron chi connectivity index (χ4n) is 4.01. The average molecular weight is 335 g/mol. The van der Waals surface area contributed by atoms with E-state index in [4.69, 9.17) is 5.73 Å². The smallest absolute Gasteiger partial charge is 0.0324 e. The van der Waals surface area contributed by atoms with Gasteiger partial charge in [-0.25, -0.2) is 0 Å². The molecule has 1 rings (SSSR count). The third kappa shape index (κ3) is 12.1. The molecule has 1 aliphatic carbocycles. The topological polar surface area (TPSA) is 23.8 Å². The first-order chi connectivity index (χ1) is 11.8. The van der Waals surface area contributed by atoms with E-state index in [9.17, 15) is 0 Å². The molecule has 0 atom stereocenters. The Morgan fingerprint density at radius 3 is 1.67 bits per heavy atom. The van der Waals surface area contributed by atoms with Gasteiger partial charge in [0.15, 0.2) is 0 Å². The highest BCUT2D eigenvalue weighted by molar-refractivity contribution is 4.88. The fourth-order valence-corrected chi connectivity index (χ4v) is 4.01. The fraction of sp³-hybridized carbons (Fsp3) is 0.913.